The Morgan fingerprint density at radius 1 is 0.744 bits per heavy atom. The van der Waals surface area contributed by atoms with Gasteiger partial charge in [0.05, 0.1) is 39.2 Å². The van der Waals surface area contributed by atoms with Gasteiger partial charge < -0.3 is 0 Å². The SMILES string of the molecule is CC(=Nc1c(C)c(C)c(C)c(C)c1Cl)c1cccc(C(C)=Nc2c(Br)c(C)c(C)c(C)c2C(C)C)n1.[Cl][Fe][Cl]. The van der Waals surface area contributed by atoms with Gasteiger partial charge >= 0.3 is 33.3 Å². The second kappa shape index (κ2) is 14.6. The topological polar surface area (TPSA) is 37.6 Å². The van der Waals surface area contributed by atoms with E-state index >= 15 is 0 Å². The monoisotopic (exact) mass is 691 g/mol. The van der Waals surface area contributed by atoms with Crippen LogP contribution >= 0.6 is 47.7 Å². The molecule has 3 nitrogen and oxygen atoms in total. The summed E-state index contributed by atoms with van der Waals surface area (Å²) >= 11 is 10.7. The zero-order valence-electron chi connectivity index (χ0n) is 24.5. The van der Waals surface area contributed by atoms with Crippen molar-refractivity contribution in [3.05, 3.63) is 83.6 Å². The molecule has 2 aromatic carbocycles. The minimum atomic E-state index is 0.194. The molecule has 212 valence electrons. The summed E-state index contributed by atoms with van der Waals surface area (Å²) in [7, 11) is 9.53. The number of aromatic nitrogens is 1. The van der Waals surface area contributed by atoms with Gasteiger partial charge in [-0.25, -0.2) is 15.0 Å². The third-order valence-corrected chi connectivity index (χ3v) is 8.96. The van der Waals surface area contributed by atoms with Crippen molar-refractivity contribution < 1.29 is 13.1 Å². The van der Waals surface area contributed by atoms with E-state index in [2.05, 4.69) is 78.2 Å². The molecule has 39 heavy (non-hydrogen) atoms. The molecule has 0 fully saturated rings. The second-order valence-corrected chi connectivity index (χ2v) is 13.1. The van der Waals surface area contributed by atoms with E-state index in [9.17, 15) is 0 Å². The number of hydrogen-bond acceptors (Lipinski definition) is 3. The molecule has 0 bridgehead atoms. The summed E-state index contributed by atoms with van der Waals surface area (Å²) < 4.78 is 1.05. The fourth-order valence-corrected chi connectivity index (χ4v) is 5.53. The van der Waals surface area contributed by atoms with E-state index in [-0.39, 0.29) is 13.1 Å². The van der Waals surface area contributed by atoms with Crippen molar-refractivity contribution in [3.63, 3.8) is 0 Å². The Morgan fingerprint density at radius 3 is 1.67 bits per heavy atom. The molecular formula is C31H37BrCl3FeN3. The van der Waals surface area contributed by atoms with Gasteiger partial charge in [-0.1, -0.05) is 31.5 Å². The van der Waals surface area contributed by atoms with Crippen LogP contribution in [-0.2, 0) is 13.1 Å². The maximum absolute atomic E-state index is 6.72. The van der Waals surface area contributed by atoms with Crippen LogP contribution in [0.4, 0.5) is 11.4 Å². The Kier molecular flexibility index (Phi) is 12.7. The van der Waals surface area contributed by atoms with Crippen molar-refractivity contribution in [1.82, 2.24) is 4.98 Å². The van der Waals surface area contributed by atoms with E-state index in [1.807, 2.05) is 32.0 Å². The summed E-state index contributed by atoms with van der Waals surface area (Å²) in [5.41, 5.74) is 14.9. The number of benzene rings is 2. The van der Waals surface area contributed by atoms with Crippen LogP contribution in [0.15, 0.2) is 32.7 Å². The van der Waals surface area contributed by atoms with E-state index < -0.39 is 0 Å². The summed E-state index contributed by atoms with van der Waals surface area (Å²) in [4.78, 5) is 15.0. The predicted molar refractivity (Wildman–Crippen MR) is 173 cm³/mol. The van der Waals surface area contributed by atoms with Gasteiger partial charge in [0.25, 0.3) is 0 Å². The van der Waals surface area contributed by atoms with Crippen LogP contribution in [0.25, 0.3) is 0 Å². The Morgan fingerprint density at radius 2 is 1.18 bits per heavy atom. The van der Waals surface area contributed by atoms with Crippen molar-refractivity contribution in [3.8, 4) is 0 Å². The van der Waals surface area contributed by atoms with Gasteiger partial charge in [0.15, 0.2) is 0 Å². The van der Waals surface area contributed by atoms with Gasteiger partial charge in [0.1, 0.15) is 0 Å². The first kappa shape index (κ1) is 34.0. The first-order valence-corrected chi connectivity index (χ1v) is 16.9. The Balaban J connectivity index is 0.00000170. The molecule has 8 heteroatoms. The molecular weight excluding hydrogens is 656 g/mol. The standard InChI is InChI=1S/C31H37BrClN3.2ClH.Fe/c1-15(2)27-19(6)18(5)20(7)28(32)31(27)35-24(11)26-14-12-13-25(36-26)23(10)34-30-22(9)17(4)16(3)21(8)29(30)33;;;/h12-15H,1-11H3;2*1H;/q;;;+2/p-2. The summed E-state index contributed by atoms with van der Waals surface area (Å²) in [5.74, 6) is 0.357. The van der Waals surface area contributed by atoms with Crippen LogP contribution in [-0.4, -0.2) is 16.4 Å². The van der Waals surface area contributed by atoms with Gasteiger partial charge in [-0.15, -0.1) is 0 Å². The van der Waals surface area contributed by atoms with Crippen LogP contribution < -0.4 is 0 Å². The zero-order valence-corrected chi connectivity index (χ0v) is 29.5. The van der Waals surface area contributed by atoms with Gasteiger partial charge in [-0.3, -0.25) is 0 Å². The van der Waals surface area contributed by atoms with E-state index in [1.54, 1.807) is 0 Å². The molecule has 0 amide bonds. The number of rotatable bonds is 5. The molecule has 0 radical (unpaired) electrons. The van der Waals surface area contributed by atoms with Crippen molar-refractivity contribution in [2.75, 3.05) is 0 Å². The van der Waals surface area contributed by atoms with Gasteiger partial charge in [-0.2, -0.15) is 0 Å². The van der Waals surface area contributed by atoms with Crippen LogP contribution in [0, 0.1) is 48.5 Å². The van der Waals surface area contributed by atoms with E-state index in [0.717, 1.165) is 49.8 Å². The Labute approximate surface area is 262 Å². The molecule has 1 heterocycles. The number of pyridine rings is 1. The molecule has 0 saturated heterocycles. The molecule has 3 aromatic rings. The quantitative estimate of drug-likeness (QED) is 0.194. The van der Waals surface area contributed by atoms with Crippen molar-refractivity contribution >= 4 is 70.5 Å². The molecule has 0 unspecified atom stereocenters. The first-order chi connectivity index (χ1) is 18.2. The molecule has 0 atom stereocenters. The fourth-order valence-electron chi connectivity index (χ4n) is 4.60. The summed E-state index contributed by atoms with van der Waals surface area (Å²) in [6, 6.07) is 6.01. The third-order valence-electron chi connectivity index (χ3n) is 7.53. The second-order valence-electron chi connectivity index (χ2n) is 10.1. The predicted octanol–water partition coefficient (Wildman–Crippen LogP) is 11.4. The van der Waals surface area contributed by atoms with Crippen LogP contribution in [0.3, 0.4) is 0 Å². The number of halogens is 4. The van der Waals surface area contributed by atoms with Crippen molar-refractivity contribution in [2.45, 2.75) is 82.1 Å². The molecule has 1 aromatic heterocycles. The summed E-state index contributed by atoms with van der Waals surface area (Å²) in [6.07, 6.45) is 0. The zero-order chi connectivity index (χ0) is 29.8. The van der Waals surface area contributed by atoms with Crippen LogP contribution in [0.2, 0.25) is 5.02 Å². The summed E-state index contributed by atoms with van der Waals surface area (Å²) in [6.45, 7) is 23.3. The van der Waals surface area contributed by atoms with Crippen molar-refractivity contribution in [2.24, 2.45) is 9.98 Å². The van der Waals surface area contributed by atoms with E-state index in [1.165, 1.54) is 33.4 Å². The normalized spacial score (nSPS) is 12.2. The summed E-state index contributed by atoms with van der Waals surface area (Å²) in [5, 5.41) is 0.708. The molecule has 0 aliphatic heterocycles. The molecule has 0 saturated carbocycles. The average molecular weight is 694 g/mol. The average Bonchev–Trinajstić information content (AvgIpc) is 2.90. The van der Waals surface area contributed by atoms with Crippen LogP contribution in [0.1, 0.15) is 89.5 Å². The Bertz CT molecular complexity index is 1420. The van der Waals surface area contributed by atoms with Gasteiger partial charge in [-0.05, 0) is 141 Å². The first-order valence-electron chi connectivity index (χ1n) is 12.7. The van der Waals surface area contributed by atoms with Gasteiger partial charge in [0.2, 0.25) is 0 Å². The number of aliphatic imine (C=N–C) groups is 2. The van der Waals surface area contributed by atoms with Crippen molar-refractivity contribution in [1.29, 1.82) is 0 Å². The molecule has 3 rings (SSSR count). The molecule has 0 N–H and O–H groups in total. The Hall–Kier alpha value is -1.20. The third kappa shape index (κ3) is 7.56. The van der Waals surface area contributed by atoms with E-state index in [0.29, 0.717) is 10.9 Å². The van der Waals surface area contributed by atoms with Crippen LogP contribution in [0.5, 0.6) is 0 Å². The van der Waals surface area contributed by atoms with Gasteiger partial charge in [0, 0.05) is 4.47 Å². The number of hydrogen-bond donors (Lipinski definition) is 0. The number of nitrogens with zero attached hydrogens (tertiary/aromatic N) is 3. The molecule has 0 aliphatic carbocycles. The molecule has 0 spiro atoms. The van der Waals surface area contributed by atoms with E-state index in [4.69, 9.17) is 46.8 Å². The maximum atomic E-state index is 6.72. The molecule has 0 aliphatic rings. The minimum absolute atomic E-state index is 0.194. The fraction of sp³-hybridized carbons (Fsp3) is 0.387.